The van der Waals surface area contributed by atoms with E-state index in [-0.39, 0.29) is 17.3 Å². The fourth-order valence-electron chi connectivity index (χ4n) is 5.07. The molecule has 0 amide bonds. The van der Waals surface area contributed by atoms with E-state index in [9.17, 15) is 22.8 Å². The van der Waals surface area contributed by atoms with Crippen molar-refractivity contribution < 1.29 is 18.0 Å². The molecule has 0 fully saturated rings. The van der Waals surface area contributed by atoms with E-state index in [4.69, 9.17) is 0 Å². The molecule has 0 spiro atoms. The van der Waals surface area contributed by atoms with Crippen LogP contribution in [-0.2, 0) is 30.9 Å². The van der Waals surface area contributed by atoms with Gasteiger partial charge in [0.1, 0.15) is 11.5 Å². The number of rotatable bonds is 3. The molecule has 0 saturated heterocycles. The minimum absolute atomic E-state index is 0.0383. The van der Waals surface area contributed by atoms with Crippen molar-refractivity contribution in [3.8, 4) is 16.8 Å². The smallest absolute Gasteiger partial charge is 0.347 e. The number of ketones is 1. The lowest BCUT2D eigenvalue weighted by atomic mass is 9.93. The number of pyridine rings is 2. The quantitative estimate of drug-likeness (QED) is 0.365. The highest BCUT2D eigenvalue weighted by Gasteiger charge is 2.32. The van der Waals surface area contributed by atoms with Gasteiger partial charge < -0.3 is 4.57 Å². The lowest BCUT2D eigenvalue weighted by Crippen LogP contribution is -2.16. The molecular formula is C27H24F3N3O2. The summed E-state index contributed by atoms with van der Waals surface area (Å²) in [5.41, 5.74) is 3.80. The molecule has 1 aromatic carbocycles. The van der Waals surface area contributed by atoms with Crippen molar-refractivity contribution in [2.45, 2.75) is 38.8 Å². The molecule has 1 aliphatic rings. The normalized spacial score (nSPS) is 16.2. The number of alkyl halides is 3. The van der Waals surface area contributed by atoms with Crippen molar-refractivity contribution in [1.82, 2.24) is 14.1 Å². The summed E-state index contributed by atoms with van der Waals surface area (Å²) >= 11 is 0. The predicted molar refractivity (Wildman–Crippen MR) is 128 cm³/mol. The number of halogens is 3. The number of carbonyl (C=O) groups excluding carboxylic acids is 1. The van der Waals surface area contributed by atoms with Gasteiger partial charge in [0.25, 0.3) is 5.56 Å². The Morgan fingerprint density at radius 2 is 1.89 bits per heavy atom. The Morgan fingerprint density at radius 3 is 2.54 bits per heavy atom. The number of hydrogen-bond acceptors (Lipinski definition) is 3. The Hall–Kier alpha value is -3.68. The first-order valence-electron chi connectivity index (χ1n) is 11.5. The molecule has 4 aromatic rings. The zero-order valence-corrected chi connectivity index (χ0v) is 19.4. The molecule has 1 aliphatic carbocycles. The van der Waals surface area contributed by atoms with Crippen LogP contribution in [0.15, 0.2) is 59.7 Å². The molecule has 1 atom stereocenters. The van der Waals surface area contributed by atoms with Gasteiger partial charge in [0.05, 0.1) is 11.2 Å². The summed E-state index contributed by atoms with van der Waals surface area (Å²) < 4.78 is 42.0. The zero-order chi connectivity index (χ0) is 24.9. The van der Waals surface area contributed by atoms with Crippen molar-refractivity contribution >= 4 is 16.7 Å². The molecule has 1 unspecified atom stereocenters. The van der Waals surface area contributed by atoms with Crippen molar-refractivity contribution in [3.05, 3.63) is 82.2 Å². The third-order valence-corrected chi connectivity index (χ3v) is 7.00. The Kier molecular flexibility index (Phi) is 5.62. The number of nitrogens with zero attached hydrogens (tertiary/aromatic N) is 3. The topological polar surface area (TPSA) is 56.9 Å². The highest BCUT2D eigenvalue weighted by atomic mass is 19.4. The van der Waals surface area contributed by atoms with Crippen molar-refractivity contribution in [2.75, 3.05) is 0 Å². The second-order valence-corrected chi connectivity index (χ2v) is 9.14. The van der Waals surface area contributed by atoms with E-state index in [2.05, 4.69) is 9.55 Å². The summed E-state index contributed by atoms with van der Waals surface area (Å²) in [4.78, 5) is 28.5. The third-order valence-electron chi connectivity index (χ3n) is 7.00. The maximum absolute atomic E-state index is 12.9. The number of benzene rings is 1. The largest absolute Gasteiger partial charge is 0.433 e. The zero-order valence-electron chi connectivity index (χ0n) is 19.4. The summed E-state index contributed by atoms with van der Waals surface area (Å²) in [7, 11) is 2.02. The van der Waals surface area contributed by atoms with Crippen molar-refractivity contribution in [3.63, 3.8) is 0 Å². The van der Waals surface area contributed by atoms with Gasteiger partial charge in [-0.25, -0.2) is 0 Å². The van der Waals surface area contributed by atoms with Crippen LogP contribution in [0.2, 0.25) is 0 Å². The van der Waals surface area contributed by atoms with Crippen LogP contribution in [0.1, 0.15) is 36.7 Å². The lowest BCUT2D eigenvalue weighted by Gasteiger charge is -2.11. The molecule has 35 heavy (non-hydrogen) atoms. The average molecular weight is 480 g/mol. The molecule has 3 heterocycles. The first-order chi connectivity index (χ1) is 16.6. The SMILES string of the molecule is CC(=O)C1CCCc2c(c3ccc(-n4ccc(-c5ccc(C(F)(F)F)nc5)cc4=O)cc3n2C)C1. The second-order valence-electron chi connectivity index (χ2n) is 9.14. The Bertz CT molecular complexity index is 1500. The maximum atomic E-state index is 12.9. The fourth-order valence-corrected chi connectivity index (χ4v) is 5.07. The molecule has 0 aliphatic heterocycles. The van der Waals surface area contributed by atoms with E-state index in [1.165, 1.54) is 28.0 Å². The highest BCUT2D eigenvalue weighted by Crippen LogP contribution is 2.34. The summed E-state index contributed by atoms with van der Waals surface area (Å²) in [6.07, 6.45) is 1.75. The van der Waals surface area contributed by atoms with Gasteiger partial charge >= 0.3 is 6.18 Å². The van der Waals surface area contributed by atoms with Crippen LogP contribution >= 0.6 is 0 Å². The predicted octanol–water partition coefficient (Wildman–Crippen LogP) is 5.49. The van der Waals surface area contributed by atoms with Gasteiger partial charge in [-0.05, 0) is 68.0 Å². The van der Waals surface area contributed by atoms with Gasteiger partial charge in [-0.2, -0.15) is 13.2 Å². The van der Waals surface area contributed by atoms with Crippen LogP contribution < -0.4 is 5.56 Å². The molecule has 3 aromatic heterocycles. The Balaban J connectivity index is 1.51. The molecule has 180 valence electrons. The molecule has 0 N–H and O–H groups in total. The van der Waals surface area contributed by atoms with Gasteiger partial charge in [-0.3, -0.25) is 19.1 Å². The minimum Gasteiger partial charge on any atom is -0.347 e. The molecule has 8 heteroatoms. The Morgan fingerprint density at radius 1 is 1.09 bits per heavy atom. The second kappa shape index (κ2) is 8.52. The molecule has 0 bridgehead atoms. The van der Waals surface area contributed by atoms with Gasteiger partial charge in [0.2, 0.25) is 0 Å². The third kappa shape index (κ3) is 4.17. The molecule has 0 radical (unpaired) electrons. The van der Waals surface area contributed by atoms with Crippen LogP contribution in [-0.4, -0.2) is 19.9 Å². The lowest BCUT2D eigenvalue weighted by molar-refractivity contribution is -0.141. The van der Waals surface area contributed by atoms with E-state index in [0.717, 1.165) is 48.8 Å². The standard InChI is InChI=1S/C27H24F3N3O2/c1-16(34)17-4-3-5-23-22(12-17)21-8-7-20(14-24(21)32(23)2)33-11-10-18(13-26(33)35)19-6-9-25(31-15-19)27(28,29)30/h6-11,13-15,17H,3-5,12H2,1-2H3. The molecule has 0 saturated carbocycles. The van der Waals surface area contributed by atoms with Gasteiger partial charge in [-0.1, -0.05) is 12.1 Å². The van der Waals surface area contributed by atoms with Crippen LogP contribution in [0.4, 0.5) is 13.2 Å². The van der Waals surface area contributed by atoms with E-state index < -0.39 is 11.9 Å². The summed E-state index contributed by atoms with van der Waals surface area (Å²) in [6.45, 7) is 1.66. The molecular weight excluding hydrogens is 455 g/mol. The Labute approximate surface area is 199 Å². The van der Waals surface area contributed by atoms with Crippen LogP contribution in [0.25, 0.3) is 27.7 Å². The fraction of sp³-hybridized carbons (Fsp3) is 0.296. The monoisotopic (exact) mass is 479 g/mol. The summed E-state index contributed by atoms with van der Waals surface area (Å²) in [6, 6.07) is 11.2. The van der Waals surface area contributed by atoms with Gasteiger partial charge in [0, 0.05) is 48.1 Å². The van der Waals surface area contributed by atoms with Crippen molar-refractivity contribution in [1.29, 1.82) is 0 Å². The van der Waals surface area contributed by atoms with E-state index in [1.54, 1.807) is 19.2 Å². The summed E-state index contributed by atoms with van der Waals surface area (Å²) in [5, 5.41) is 1.10. The molecule has 5 rings (SSSR count). The van der Waals surface area contributed by atoms with Crippen LogP contribution in [0.5, 0.6) is 0 Å². The van der Waals surface area contributed by atoms with Crippen LogP contribution in [0, 0.1) is 5.92 Å². The number of Topliss-reactive ketones (excluding diaryl/α,β-unsaturated/α-hetero) is 1. The van der Waals surface area contributed by atoms with Gasteiger partial charge in [0.15, 0.2) is 0 Å². The van der Waals surface area contributed by atoms with Crippen molar-refractivity contribution in [2.24, 2.45) is 13.0 Å². The minimum atomic E-state index is -4.51. The highest BCUT2D eigenvalue weighted by molar-refractivity contribution is 5.88. The van der Waals surface area contributed by atoms with E-state index in [1.807, 2.05) is 25.2 Å². The number of carbonyl (C=O) groups is 1. The van der Waals surface area contributed by atoms with Gasteiger partial charge in [-0.15, -0.1) is 0 Å². The number of aromatic nitrogens is 3. The first kappa shape index (κ1) is 23.1. The number of aryl methyl sites for hydroxylation is 1. The average Bonchev–Trinajstić information content (AvgIpc) is 2.97. The first-order valence-corrected chi connectivity index (χ1v) is 11.5. The maximum Gasteiger partial charge on any atom is 0.433 e. The van der Waals surface area contributed by atoms with E-state index >= 15 is 0 Å². The number of hydrogen-bond donors (Lipinski definition) is 0. The van der Waals surface area contributed by atoms with Crippen LogP contribution in [0.3, 0.4) is 0 Å². The van der Waals surface area contributed by atoms with E-state index in [0.29, 0.717) is 16.8 Å². The molecule has 5 nitrogen and oxygen atoms in total. The summed E-state index contributed by atoms with van der Waals surface area (Å²) in [5.74, 6) is 0.262. The number of fused-ring (bicyclic) bond motifs is 3.